The Morgan fingerprint density at radius 3 is 2.45 bits per heavy atom. The van der Waals surface area contributed by atoms with Crippen molar-refractivity contribution in [3.8, 4) is 11.5 Å². The van der Waals surface area contributed by atoms with E-state index in [-0.39, 0.29) is 25.6 Å². The summed E-state index contributed by atoms with van der Waals surface area (Å²) in [5.41, 5.74) is 2.33. The van der Waals surface area contributed by atoms with Crippen molar-refractivity contribution in [3.63, 3.8) is 0 Å². The molecule has 2 aromatic rings. The van der Waals surface area contributed by atoms with E-state index in [4.69, 9.17) is 19.3 Å². The second-order valence-corrected chi connectivity index (χ2v) is 7.10. The van der Waals surface area contributed by atoms with E-state index in [0.717, 1.165) is 11.1 Å². The van der Waals surface area contributed by atoms with Crippen LogP contribution in [0.1, 0.15) is 33.3 Å². The van der Waals surface area contributed by atoms with E-state index in [0.29, 0.717) is 48.0 Å². The van der Waals surface area contributed by atoms with Crippen molar-refractivity contribution in [1.29, 1.82) is 0 Å². The van der Waals surface area contributed by atoms with Gasteiger partial charge in [0.25, 0.3) is 0 Å². The van der Waals surface area contributed by atoms with Crippen molar-refractivity contribution in [1.82, 2.24) is 0 Å². The summed E-state index contributed by atoms with van der Waals surface area (Å²) in [6.45, 7) is 10.7. The molecule has 0 saturated carbocycles. The minimum atomic E-state index is -0.0822. The molecule has 5 nitrogen and oxygen atoms in total. The fraction of sp³-hybridized carbons (Fsp3) is 0.348. The molecule has 29 heavy (non-hydrogen) atoms. The van der Waals surface area contributed by atoms with E-state index in [1.54, 1.807) is 18.2 Å². The monoisotopic (exact) mass is 416 g/mol. The highest BCUT2D eigenvalue weighted by Crippen LogP contribution is 2.37. The number of aliphatic hydroxyl groups excluding tert-OH is 1. The van der Waals surface area contributed by atoms with Gasteiger partial charge < -0.3 is 19.3 Å². The van der Waals surface area contributed by atoms with Gasteiger partial charge in [-0.2, -0.15) is 0 Å². The molecule has 0 unspecified atom stereocenters. The maximum atomic E-state index is 13.4. The topological polar surface area (TPSA) is 65.0 Å². The number of carbonyl (C=O) groups is 1. The molecule has 0 fully saturated rings. The lowest BCUT2D eigenvalue weighted by molar-refractivity contribution is 0.0937. The van der Waals surface area contributed by atoms with Gasteiger partial charge >= 0.3 is 0 Å². The van der Waals surface area contributed by atoms with Crippen LogP contribution < -0.4 is 9.47 Å². The lowest BCUT2D eigenvalue weighted by Crippen LogP contribution is -2.15. The molecule has 1 aromatic carbocycles. The summed E-state index contributed by atoms with van der Waals surface area (Å²) in [6, 6.07) is 5.45. The number of rotatable bonds is 14. The Kier molecular flexibility index (Phi) is 9.64. The summed E-state index contributed by atoms with van der Waals surface area (Å²) in [5, 5.41) is 10.9. The van der Waals surface area contributed by atoms with Crippen LogP contribution in [0, 0.1) is 0 Å². The third-order valence-electron chi connectivity index (χ3n) is 4.24. The molecular formula is C23H28O5S. The van der Waals surface area contributed by atoms with Gasteiger partial charge in [0.15, 0.2) is 0 Å². The van der Waals surface area contributed by atoms with Gasteiger partial charge in [-0.25, -0.2) is 0 Å². The van der Waals surface area contributed by atoms with E-state index < -0.39 is 0 Å². The van der Waals surface area contributed by atoms with Gasteiger partial charge in [-0.3, -0.25) is 4.79 Å². The number of benzene rings is 1. The summed E-state index contributed by atoms with van der Waals surface area (Å²) in [7, 11) is 0. The van der Waals surface area contributed by atoms with Crippen molar-refractivity contribution in [2.75, 3.05) is 33.0 Å². The molecule has 0 atom stereocenters. The first-order chi connectivity index (χ1) is 14.2. The number of hydrogen-bond acceptors (Lipinski definition) is 6. The maximum Gasteiger partial charge on any atom is 0.206 e. The summed E-state index contributed by atoms with van der Waals surface area (Å²) >= 11 is 1.40. The Hall–Kier alpha value is -2.41. The van der Waals surface area contributed by atoms with Crippen LogP contribution in [0.4, 0.5) is 0 Å². The average Bonchev–Trinajstić information content (AvgIpc) is 3.27. The highest BCUT2D eigenvalue weighted by atomic mass is 32.1. The SMILES string of the molecule is C=CCOc1cc(OCC=C)c(C(=O)c2cccs2)c(CCOCCO)c1CC. The largest absolute Gasteiger partial charge is 0.489 e. The predicted molar refractivity (Wildman–Crippen MR) is 117 cm³/mol. The van der Waals surface area contributed by atoms with Gasteiger partial charge in [0.2, 0.25) is 5.78 Å². The fourth-order valence-electron chi connectivity index (χ4n) is 3.05. The molecule has 2 rings (SSSR count). The Morgan fingerprint density at radius 2 is 1.86 bits per heavy atom. The van der Waals surface area contributed by atoms with E-state index in [2.05, 4.69) is 13.2 Å². The first-order valence-electron chi connectivity index (χ1n) is 9.60. The minimum Gasteiger partial charge on any atom is -0.489 e. The van der Waals surface area contributed by atoms with E-state index >= 15 is 0 Å². The molecule has 0 spiro atoms. The molecule has 6 heteroatoms. The number of ether oxygens (including phenoxy) is 3. The molecule has 0 saturated heterocycles. The third-order valence-corrected chi connectivity index (χ3v) is 5.11. The highest BCUT2D eigenvalue weighted by Gasteiger charge is 2.25. The Labute approximate surface area is 176 Å². The number of aliphatic hydroxyl groups is 1. The molecular weight excluding hydrogens is 388 g/mol. The zero-order valence-corrected chi connectivity index (χ0v) is 17.6. The quantitative estimate of drug-likeness (QED) is 0.284. The minimum absolute atomic E-state index is 0.0438. The second-order valence-electron chi connectivity index (χ2n) is 6.15. The summed E-state index contributed by atoms with van der Waals surface area (Å²) in [5.74, 6) is 1.06. The van der Waals surface area contributed by atoms with Gasteiger partial charge in [0, 0.05) is 6.07 Å². The smallest absolute Gasteiger partial charge is 0.206 e. The highest BCUT2D eigenvalue weighted by molar-refractivity contribution is 7.12. The van der Waals surface area contributed by atoms with Crippen LogP contribution >= 0.6 is 11.3 Å². The Morgan fingerprint density at radius 1 is 1.14 bits per heavy atom. The van der Waals surface area contributed by atoms with E-state index in [1.165, 1.54) is 11.3 Å². The lowest BCUT2D eigenvalue weighted by Gasteiger charge is -2.21. The fourth-order valence-corrected chi connectivity index (χ4v) is 3.72. The van der Waals surface area contributed by atoms with Crippen molar-refractivity contribution in [2.45, 2.75) is 19.8 Å². The predicted octanol–water partition coefficient (Wildman–Crippen LogP) is 4.22. The average molecular weight is 417 g/mol. The van der Waals surface area contributed by atoms with Crippen molar-refractivity contribution >= 4 is 17.1 Å². The van der Waals surface area contributed by atoms with Crippen molar-refractivity contribution in [3.05, 3.63) is 70.5 Å². The molecule has 156 valence electrons. The third kappa shape index (κ3) is 6.03. The molecule has 0 aliphatic heterocycles. The molecule has 1 aromatic heterocycles. The number of hydrogen-bond donors (Lipinski definition) is 1. The Balaban J connectivity index is 2.60. The maximum absolute atomic E-state index is 13.4. The van der Waals surface area contributed by atoms with E-state index in [1.807, 2.05) is 24.4 Å². The van der Waals surface area contributed by atoms with Crippen LogP contribution in [-0.2, 0) is 17.6 Å². The van der Waals surface area contributed by atoms with Crippen LogP contribution in [0.2, 0.25) is 0 Å². The molecule has 1 N–H and O–H groups in total. The van der Waals surface area contributed by atoms with Crippen LogP contribution in [0.3, 0.4) is 0 Å². The van der Waals surface area contributed by atoms with Crippen LogP contribution in [-0.4, -0.2) is 43.9 Å². The zero-order valence-electron chi connectivity index (χ0n) is 16.8. The molecule has 0 radical (unpaired) electrons. The van der Waals surface area contributed by atoms with Crippen molar-refractivity contribution < 1.29 is 24.1 Å². The van der Waals surface area contributed by atoms with Gasteiger partial charge in [-0.1, -0.05) is 38.3 Å². The van der Waals surface area contributed by atoms with Gasteiger partial charge in [0.1, 0.15) is 24.7 Å². The molecule has 0 bridgehead atoms. The zero-order chi connectivity index (χ0) is 21.1. The van der Waals surface area contributed by atoms with Crippen LogP contribution in [0.15, 0.2) is 48.9 Å². The number of thiophene rings is 1. The summed E-state index contributed by atoms with van der Waals surface area (Å²) in [6.07, 6.45) is 4.51. The second kappa shape index (κ2) is 12.2. The van der Waals surface area contributed by atoms with Gasteiger partial charge in [0.05, 0.1) is 30.3 Å². The normalized spacial score (nSPS) is 10.6. The molecule has 0 aliphatic carbocycles. The molecule has 0 aliphatic rings. The van der Waals surface area contributed by atoms with Gasteiger partial charge in [-0.05, 0) is 35.4 Å². The first kappa shape index (κ1) is 22.9. The summed E-state index contributed by atoms with van der Waals surface area (Å²) in [4.78, 5) is 14.0. The van der Waals surface area contributed by atoms with Gasteiger partial charge in [-0.15, -0.1) is 11.3 Å². The number of ketones is 1. The lowest BCUT2D eigenvalue weighted by atomic mass is 9.92. The summed E-state index contributed by atoms with van der Waals surface area (Å²) < 4.78 is 17.2. The van der Waals surface area contributed by atoms with Crippen LogP contribution in [0.25, 0.3) is 0 Å². The molecule has 0 amide bonds. The number of carbonyl (C=O) groups excluding carboxylic acids is 1. The standard InChI is InChI=1S/C23H28O5S/c1-4-11-27-19-16-20(28-12-5-2)22(23(25)21-8-7-15-29-21)18(17(19)6-3)9-13-26-14-10-24/h4-5,7-8,15-16,24H,1-2,6,9-14H2,3H3. The van der Waals surface area contributed by atoms with Crippen LogP contribution in [0.5, 0.6) is 11.5 Å². The Bertz CT molecular complexity index is 811. The first-order valence-corrected chi connectivity index (χ1v) is 10.5. The van der Waals surface area contributed by atoms with E-state index in [9.17, 15) is 4.79 Å². The molecule has 1 heterocycles. The van der Waals surface area contributed by atoms with Crippen molar-refractivity contribution in [2.24, 2.45) is 0 Å².